The summed E-state index contributed by atoms with van der Waals surface area (Å²) in [5.41, 5.74) is 2.63. The second kappa shape index (κ2) is 6.72. The fraction of sp³-hybridized carbons (Fsp3) is 0.500. The van der Waals surface area contributed by atoms with Crippen molar-refractivity contribution in [2.24, 2.45) is 0 Å². The van der Waals surface area contributed by atoms with E-state index in [0.29, 0.717) is 6.42 Å². The molecule has 1 aromatic carbocycles. The Bertz CT molecular complexity index is 540. The van der Waals surface area contributed by atoms with Gasteiger partial charge >= 0.3 is 0 Å². The molecule has 0 spiro atoms. The normalized spacial score (nSPS) is 14.9. The van der Waals surface area contributed by atoms with Gasteiger partial charge in [-0.1, -0.05) is 0 Å². The van der Waals surface area contributed by atoms with E-state index >= 15 is 0 Å². The monoisotopic (exact) mass is 290 g/mol. The van der Waals surface area contributed by atoms with E-state index in [1.807, 2.05) is 43.9 Å². The third-order valence-electron chi connectivity index (χ3n) is 3.39. The summed E-state index contributed by atoms with van der Waals surface area (Å²) in [6, 6.07) is 5.59. The first-order chi connectivity index (χ1) is 9.97. The third-order valence-corrected chi connectivity index (χ3v) is 3.39. The van der Waals surface area contributed by atoms with E-state index in [1.54, 1.807) is 0 Å². The Morgan fingerprint density at radius 2 is 2.19 bits per heavy atom. The SMILES string of the molecule is Cc1cc(NC(=O)COC(C)C)ccc1N1CCCC1=O. The zero-order valence-electron chi connectivity index (χ0n) is 12.8. The topological polar surface area (TPSA) is 58.6 Å². The zero-order valence-corrected chi connectivity index (χ0v) is 12.8. The van der Waals surface area contributed by atoms with E-state index in [0.717, 1.165) is 29.9 Å². The van der Waals surface area contributed by atoms with Gasteiger partial charge in [0.15, 0.2) is 0 Å². The number of benzene rings is 1. The molecule has 0 aliphatic carbocycles. The van der Waals surface area contributed by atoms with E-state index in [1.165, 1.54) is 0 Å². The van der Waals surface area contributed by atoms with Crippen LogP contribution >= 0.6 is 0 Å². The summed E-state index contributed by atoms with van der Waals surface area (Å²) in [5, 5.41) is 2.80. The summed E-state index contributed by atoms with van der Waals surface area (Å²) < 4.78 is 5.26. The van der Waals surface area contributed by atoms with Crippen LogP contribution in [0.1, 0.15) is 32.3 Å². The molecule has 1 N–H and O–H groups in total. The Balaban J connectivity index is 2.02. The van der Waals surface area contributed by atoms with Crippen LogP contribution in [0.25, 0.3) is 0 Å². The maximum absolute atomic E-state index is 11.8. The molecule has 0 atom stereocenters. The van der Waals surface area contributed by atoms with E-state index in [4.69, 9.17) is 4.74 Å². The number of aryl methyl sites for hydroxylation is 1. The summed E-state index contributed by atoms with van der Waals surface area (Å²) in [7, 11) is 0. The van der Waals surface area contributed by atoms with Crippen LogP contribution in [0.3, 0.4) is 0 Å². The molecule has 5 heteroatoms. The van der Waals surface area contributed by atoms with Crippen LogP contribution in [0.5, 0.6) is 0 Å². The lowest BCUT2D eigenvalue weighted by molar-refractivity contribution is -0.122. The van der Waals surface area contributed by atoms with Crippen LogP contribution < -0.4 is 10.2 Å². The average Bonchev–Trinajstić information content (AvgIpc) is 2.83. The molecular formula is C16H22N2O3. The molecule has 0 aromatic heterocycles. The molecule has 1 fully saturated rings. The first kappa shape index (κ1) is 15.5. The van der Waals surface area contributed by atoms with Gasteiger partial charge in [-0.15, -0.1) is 0 Å². The maximum Gasteiger partial charge on any atom is 0.250 e. The van der Waals surface area contributed by atoms with E-state index in [-0.39, 0.29) is 24.5 Å². The van der Waals surface area contributed by atoms with Crippen LogP contribution in [0, 0.1) is 6.92 Å². The number of ether oxygens (including phenoxy) is 1. The summed E-state index contributed by atoms with van der Waals surface area (Å²) >= 11 is 0. The van der Waals surface area contributed by atoms with Gasteiger partial charge in [0.05, 0.1) is 6.10 Å². The maximum atomic E-state index is 11.8. The average molecular weight is 290 g/mol. The number of carbonyl (C=O) groups is 2. The predicted octanol–water partition coefficient (Wildman–Crippen LogP) is 2.49. The third kappa shape index (κ3) is 4.04. The molecule has 2 rings (SSSR count). The van der Waals surface area contributed by atoms with Crippen molar-refractivity contribution >= 4 is 23.2 Å². The Hall–Kier alpha value is -1.88. The highest BCUT2D eigenvalue weighted by molar-refractivity contribution is 5.97. The zero-order chi connectivity index (χ0) is 15.4. The van der Waals surface area contributed by atoms with Gasteiger partial charge in [-0.25, -0.2) is 0 Å². The van der Waals surface area contributed by atoms with Gasteiger partial charge in [0.25, 0.3) is 0 Å². The molecule has 1 aliphatic rings. The van der Waals surface area contributed by atoms with Crippen LogP contribution in [0.2, 0.25) is 0 Å². The highest BCUT2D eigenvalue weighted by Crippen LogP contribution is 2.27. The Morgan fingerprint density at radius 3 is 2.76 bits per heavy atom. The molecule has 0 radical (unpaired) electrons. The summed E-state index contributed by atoms with van der Waals surface area (Å²) in [6.45, 7) is 6.54. The van der Waals surface area contributed by atoms with Gasteiger partial charge in [-0.2, -0.15) is 0 Å². The Morgan fingerprint density at radius 1 is 1.43 bits per heavy atom. The molecule has 0 bridgehead atoms. The smallest absolute Gasteiger partial charge is 0.250 e. The lowest BCUT2D eigenvalue weighted by atomic mass is 10.1. The summed E-state index contributed by atoms with van der Waals surface area (Å²) in [5.74, 6) is -0.00619. The first-order valence-corrected chi connectivity index (χ1v) is 7.30. The molecule has 1 heterocycles. The van der Waals surface area contributed by atoms with Crippen molar-refractivity contribution < 1.29 is 14.3 Å². The van der Waals surface area contributed by atoms with Crippen molar-refractivity contribution in [1.29, 1.82) is 0 Å². The molecule has 1 saturated heterocycles. The van der Waals surface area contributed by atoms with E-state index < -0.39 is 0 Å². The van der Waals surface area contributed by atoms with Crippen molar-refractivity contribution in [2.75, 3.05) is 23.4 Å². The minimum absolute atomic E-state index is 0.0287. The minimum atomic E-state index is -0.173. The quantitative estimate of drug-likeness (QED) is 0.906. The number of nitrogens with zero attached hydrogens (tertiary/aromatic N) is 1. The number of hydrogen-bond acceptors (Lipinski definition) is 3. The molecule has 21 heavy (non-hydrogen) atoms. The fourth-order valence-corrected chi connectivity index (χ4v) is 2.38. The highest BCUT2D eigenvalue weighted by Gasteiger charge is 2.22. The number of carbonyl (C=O) groups excluding carboxylic acids is 2. The van der Waals surface area contributed by atoms with Crippen LogP contribution in [-0.4, -0.2) is 31.1 Å². The second-order valence-electron chi connectivity index (χ2n) is 5.56. The van der Waals surface area contributed by atoms with Crippen molar-refractivity contribution in [3.8, 4) is 0 Å². The molecule has 2 amide bonds. The fourth-order valence-electron chi connectivity index (χ4n) is 2.38. The van der Waals surface area contributed by atoms with E-state index in [9.17, 15) is 9.59 Å². The largest absolute Gasteiger partial charge is 0.369 e. The molecule has 0 unspecified atom stereocenters. The van der Waals surface area contributed by atoms with Gasteiger partial charge in [0.2, 0.25) is 11.8 Å². The van der Waals surface area contributed by atoms with Crippen molar-refractivity contribution in [3.63, 3.8) is 0 Å². The summed E-state index contributed by atoms with van der Waals surface area (Å²) in [6.07, 6.45) is 1.55. The molecule has 1 aromatic rings. The van der Waals surface area contributed by atoms with Crippen molar-refractivity contribution in [1.82, 2.24) is 0 Å². The van der Waals surface area contributed by atoms with Gasteiger partial charge in [0, 0.05) is 24.3 Å². The first-order valence-electron chi connectivity index (χ1n) is 7.30. The van der Waals surface area contributed by atoms with Crippen LogP contribution in [0.15, 0.2) is 18.2 Å². The molecule has 0 saturated carbocycles. The summed E-state index contributed by atoms with van der Waals surface area (Å²) in [4.78, 5) is 25.3. The van der Waals surface area contributed by atoms with Gasteiger partial charge in [-0.3, -0.25) is 9.59 Å². The lowest BCUT2D eigenvalue weighted by Crippen LogP contribution is -2.24. The molecule has 5 nitrogen and oxygen atoms in total. The van der Waals surface area contributed by atoms with Crippen molar-refractivity contribution in [3.05, 3.63) is 23.8 Å². The molecule has 1 aliphatic heterocycles. The number of amides is 2. The Kier molecular flexibility index (Phi) is 4.96. The number of nitrogens with one attached hydrogen (secondary N) is 1. The van der Waals surface area contributed by atoms with Crippen LogP contribution in [-0.2, 0) is 14.3 Å². The Labute approximate surface area is 125 Å². The molecular weight excluding hydrogens is 268 g/mol. The minimum Gasteiger partial charge on any atom is -0.369 e. The number of hydrogen-bond donors (Lipinski definition) is 1. The standard InChI is InChI=1S/C16H22N2O3/c1-11(2)21-10-15(19)17-13-6-7-14(12(3)9-13)18-8-4-5-16(18)20/h6-7,9,11H,4-5,8,10H2,1-3H3,(H,17,19). The number of rotatable bonds is 5. The van der Waals surface area contributed by atoms with Crippen LogP contribution in [0.4, 0.5) is 11.4 Å². The van der Waals surface area contributed by atoms with Gasteiger partial charge in [-0.05, 0) is 51.0 Å². The predicted molar refractivity (Wildman–Crippen MR) is 82.5 cm³/mol. The second-order valence-corrected chi connectivity index (χ2v) is 5.56. The molecule has 114 valence electrons. The van der Waals surface area contributed by atoms with Gasteiger partial charge in [0.1, 0.15) is 6.61 Å². The highest BCUT2D eigenvalue weighted by atomic mass is 16.5. The number of anilines is 2. The lowest BCUT2D eigenvalue weighted by Gasteiger charge is -2.19. The van der Waals surface area contributed by atoms with E-state index in [2.05, 4.69) is 5.32 Å². The van der Waals surface area contributed by atoms with Gasteiger partial charge < -0.3 is 15.0 Å². The van der Waals surface area contributed by atoms with Crippen molar-refractivity contribution in [2.45, 2.75) is 39.7 Å².